The number of aryl methyl sites for hydroxylation is 1. The van der Waals surface area contributed by atoms with Crippen molar-refractivity contribution in [1.82, 2.24) is 14.8 Å². The van der Waals surface area contributed by atoms with Gasteiger partial charge < -0.3 is 4.57 Å². The van der Waals surface area contributed by atoms with Gasteiger partial charge in [-0.25, -0.2) is 4.39 Å². The van der Waals surface area contributed by atoms with E-state index in [0.29, 0.717) is 11.2 Å². The minimum Gasteiger partial charge on any atom is -0.305 e. The fourth-order valence-electron chi connectivity index (χ4n) is 2.16. The van der Waals surface area contributed by atoms with Gasteiger partial charge in [0, 0.05) is 11.1 Å². The predicted octanol–water partition coefficient (Wildman–Crippen LogP) is 4.04. The van der Waals surface area contributed by atoms with Crippen molar-refractivity contribution in [2.24, 2.45) is 0 Å². The lowest BCUT2D eigenvalue weighted by atomic mass is 10.1. The standard InChI is InChI=1S/C14H17BrFN3/c1-9-5-10(7-11(16)6-9)13-18-17-12(8-15)19(13)14(2,3)4/h5-7H,8H2,1-4H3. The molecule has 0 saturated carbocycles. The molecule has 0 spiro atoms. The summed E-state index contributed by atoms with van der Waals surface area (Å²) in [5.74, 6) is 1.29. The van der Waals surface area contributed by atoms with Crippen LogP contribution >= 0.6 is 15.9 Å². The molecule has 102 valence electrons. The molecule has 1 heterocycles. The third kappa shape index (κ3) is 2.86. The molecule has 5 heteroatoms. The molecule has 0 bridgehead atoms. The molecule has 0 aliphatic carbocycles. The Morgan fingerprint density at radius 1 is 1.21 bits per heavy atom. The summed E-state index contributed by atoms with van der Waals surface area (Å²) in [6, 6.07) is 4.93. The molecular weight excluding hydrogens is 309 g/mol. The highest BCUT2D eigenvalue weighted by Gasteiger charge is 2.23. The number of benzene rings is 1. The molecule has 1 aromatic heterocycles. The number of nitrogens with zero attached hydrogens (tertiary/aromatic N) is 3. The third-order valence-electron chi connectivity index (χ3n) is 2.82. The summed E-state index contributed by atoms with van der Waals surface area (Å²) in [4.78, 5) is 0. The molecule has 0 aliphatic heterocycles. The predicted molar refractivity (Wildman–Crippen MR) is 77.8 cm³/mol. The normalized spacial score (nSPS) is 11.9. The van der Waals surface area contributed by atoms with Crippen molar-refractivity contribution < 1.29 is 4.39 Å². The van der Waals surface area contributed by atoms with Gasteiger partial charge in [-0.3, -0.25) is 0 Å². The van der Waals surface area contributed by atoms with Crippen LogP contribution in [0.2, 0.25) is 0 Å². The Morgan fingerprint density at radius 3 is 2.42 bits per heavy atom. The first-order valence-corrected chi connectivity index (χ1v) is 7.23. The van der Waals surface area contributed by atoms with Crippen molar-refractivity contribution in [2.75, 3.05) is 0 Å². The van der Waals surface area contributed by atoms with Crippen LogP contribution in [0.4, 0.5) is 4.39 Å². The first kappa shape index (κ1) is 14.2. The van der Waals surface area contributed by atoms with Gasteiger partial charge in [-0.05, 0) is 51.5 Å². The van der Waals surface area contributed by atoms with Gasteiger partial charge in [0.15, 0.2) is 5.82 Å². The fraction of sp³-hybridized carbons (Fsp3) is 0.429. The van der Waals surface area contributed by atoms with Crippen LogP contribution in [-0.2, 0) is 10.9 Å². The van der Waals surface area contributed by atoms with Gasteiger partial charge in [0.25, 0.3) is 0 Å². The van der Waals surface area contributed by atoms with Crippen LogP contribution in [0, 0.1) is 12.7 Å². The van der Waals surface area contributed by atoms with Gasteiger partial charge in [-0.2, -0.15) is 0 Å². The lowest BCUT2D eigenvalue weighted by Gasteiger charge is -2.24. The summed E-state index contributed by atoms with van der Waals surface area (Å²) in [7, 11) is 0. The monoisotopic (exact) mass is 325 g/mol. The molecule has 0 unspecified atom stereocenters. The molecule has 0 amide bonds. The summed E-state index contributed by atoms with van der Waals surface area (Å²) in [5, 5.41) is 9.02. The van der Waals surface area contributed by atoms with E-state index in [-0.39, 0.29) is 11.4 Å². The number of hydrogen-bond acceptors (Lipinski definition) is 2. The number of aromatic nitrogens is 3. The number of alkyl halides is 1. The van der Waals surface area contributed by atoms with Crippen LogP contribution in [0.15, 0.2) is 18.2 Å². The summed E-state index contributed by atoms with van der Waals surface area (Å²) >= 11 is 3.42. The zero-order valence-electron chi connectivity index (χ0n) is 11.5. The van der Waals surface area contributed by atoms with E-state index in [2.05, 4.69) is 46.9 Å². The van der Waals surface area contributed by atoms with E-state index in [1.165, 1.54) is 12.1 Å². The van der Waals surface area contributed by atoms with Crippen LogP contribution in [0.1, 0.15) is 32.2 Å². The summed E-state index contributed by atoms with van der Waals surface area (Å²) in [6.07, 6.45) is 0. The van der Waals surface area contributed by atoms with Gasteiger partial charge in [-0.1, -0.05) is 15.9 Å². The van der Waals surface area contributed by atoms with Crippen LogP contribution < -0.4 is 0 Å². The van der Waals surface area contributed by atoms with Gasteiger partial charge >= 0.3 is 0 Å². The van der Waals surface area contributed by atoms with E-state index in [1.807, 2.05) is 17.6 Å². The van der Waals surface area contributed by atoms with E-state index in [1.54, 1.807) is 0 Å². The second-order valence-electron chi connectivity index (χ2n) is 5.60. The van der Waals surface area contributed by atoms with E-state index in [0.717, 1.165) is 17.0 Å². The molecule has 2 rings (SSSR count). The molecule has 0 fully saturated rings. The zero-order valence-corrected chi connectivity index (χ0v) is 13.1. The second kappa shape index (κ2) is 5.04. The molecule has 0 aliphatic rings. The maximum Gasteiger partial charge on any atom is 0.164 e. The molecular formula is C14H17BrFN3. The highest BCUT2D eigenvalue weighted by atomic mass is 79.9. The Kier molecular flexibility index (Phi) is 3.76. The number of hydrogen-bond donors (Lipinski definition) is 0. The topological polar surface area (TPSA) is 30.7 Å². The Balaban J connectivity index is 2.66. The van der Waals surface area contributed by atoms with Crippen LogP contribution in [-0.4, -0.2) is 14.8 Å². The maximum absolute atomic E-state index is 13.6. The van der Waals surface area contributed by atoms with Crippen molar-refractivity contribution in [3.8, 4) is 11.4 Å². The average molecular weight is 326 g/mol. The quantitative estimate of drug-likeness (QED) is 0.780. The molecule has 19 heavy (non-hydrogen) atoms. The maximum atomic E-state index is 13.6. The highest BCUT2D eigenvalue weighted by Crippen LogP contribution is 2.28. The summed E-state index contributed by atoms with van der Waals surface area (Å²) < 4.78 is 15.6. The lowest BCUT2D eigenvalue weighted by Crippen LogP contribution is -2.24. The Hall–Kier alpha value is -1.23. The van der Waals surface area contributed by atoms with Crippen LogP contribution in [0.25, 0.3) is 11.4 Å². The minimum absolute atomic E-state index is 0.165. The average Bonchev–Trinajstić information content (AvgIpc) is 2.70. The summed E-state index contributed by atoms with van der Waals surface area (Å²) in [5.41, 5.74) is 1.47. The minimum atomic E-state index is -0.251. The largest absolute Gasteiger partial charge is 0.305 e. The van der Waals surface area contributed by atoms with Crippen molar-refractivity contribution in [1.29, 1.82) is 0 Å². The van der Waals surface area contributed by atoms with Crippen molar-refractivity contribution >= 4 is 15.9 Å². The van der Waals surface area contributed by atoms with E-state index in [4.69, 9.17) is 0 Å². The second-order valence-corrected chi connectivity index (χ2v) is 6.16. The Labute approximate surface area is 121 Å². The Bertz CT molecular complexity index is 579. The van der Waals surface area contributed by atoms with Crippen LogP contribution in [0.3, 0.4) is 0 Å². The number of rotatable bonds is 2. The fourth-order valence-corrected chi connectivity index (χ4v) is 2.52. The van der Waals surface area contributed by atoms with Gasteiger partial charge in [0.2, 0.25) is 0 Å². The van der Waals surface area contributed by atoms with E-state index >= 15 is 0 Å². The third-order valence-corrected chi connectivity index (χ3v) is 3.32. The molecule has 0 radical (unpaired) electrons. The zero-order chi connectivity index (χ0) is 14.2. The van der Waals surface area contributed by atoms with E-state index in [9.17, 15) is 4.39 Å². The molecule has 0 atom stereocenters. The molecule has 0 saturated heterocycles. The van der Waals surface area contributed by atoms with Crippen molar-refractivity contribution in [2.45, 2.75) is 38.6 Å². The molecule has 2 aromatic rings. The molecule has 3 nitrogen and oxygen atoms in total. The highest BCUT2D eigenvalue weighted by molar-refractivity contribution is 9.08. The Morgan fingerprint density at radius 2 is 1.89 bits per heavy atom. The van der Waals surface area contributed by atoms with Gasteiger partial charge in [0.05, 0.1) is 5.33 Å². The van der Waals surface area contributed by atoms with Crippen molar-refractivity contribution in [3.63, 3.8) is 0 Å². The van der Waals surface area contributed by atoms with Gasteiger partial charge in [0.1, 0.15) is 11.6 Å². The SMILES string of the molecule is Cc1cc(F)cc(-c2nnc(CBr)n2C(C)(C)C)c1. The van der Waals surface area contributed by atoms with Gasteiger partial charge in [-0.15, -0.1) is 10.2 Å². The van der Waals surface area contributed by atoms with E-state index < -0.39 is 0 Å². The van der Waals surface area contributed by atoms with Crippen molar-refractivity contribution in [3.05, 3.63) is 35.4 Å². The summed E-state index contributed by atoms with van der Waals surface area (Å²) in [6.45, 7) is 8.12. The molecule has 1 aromatic carbocycles. The first-order valence-electron chi connectivity index (χ1n) is 6.11. The number of halogens is 2. The molecule has 0 N–H and O–H groups in total. The van der Waals surface area contributed by atoms with Crippen LogP contribution in [0.5, 0.6) is 0 Å². The lowest BCUT2D eigenvalue weighted by molar-refractivity contribution is 0.390. The first-order chi connectivity index (χ1) is 8.82. The smallest absolute Gasteiger partial charge is 0.164 e.